The van der Waals surface area contributed by atoms with Gasteiger partial charge in [0.2, 0.25) is 0 Å². The molecule has 152 valence electrons. The van der Waals surface area contributed by atoms with Gasteiger partial charge in [-0.05, 0) is 36.2 Å². The summed E-state index contributed by atoms with van der Waals surface area (Å²) in [6.45, 7) is 4.49. The second kappa shape index (κ2) is 9.97. The summed E-state index contributed by atoms with van der Waals surface area (Å²) in [7, 11) is 3.32. The quantitative estimate of drug-likeness (QED) is 0.402. The van der Waals surface area contributed by atoms with E-state index >= 15 is 0 Å². The van der Waals surface area contributed by atoms with Gasteiger partial charge in [-0.15, -0.1) is 0 Å². The molecular formula is C23H27N3O3. The first-order chi connectivity index (χ1) is 14.2. The molecular weight excluding hydrogens is 366 g/mol. The number of rotatable bonds is 10. The lowest BCUT2D eigenvalue weighted by atomic mass is 10.1. The lowest BCUT2D eigenvalue weighted by molar-refractivity contribution is 0.153. The third-order valence-electron chi connectivity index (χ3n) is 4.79. The number of hydrogen-bond donors (Lipinski definition) is 1. The maximum atomic E-state index is 9.91. The minimum Gasteiger partial charge on any atom is -0.497 e. The molecule has 0 saturated heterocycles. The van der Waals surface area contributed by atoms with Crippen LogP contribution >= 0.6 is 0 Å². The van der Waals surface area contributed by atoms with Crippen molar-refractivity contribution in [2.24, 2.45) is 0 Å². The highest BCUT2D eigenvalue weighted by Gasteiger charge is 2.19. The molecule has 0 atom stereocenters. The molecule has 1 heterocycles. The molecule has 0 spiro atoms. The first-order valence-electron chi connectivity index (χ1n) is 9.74. The molecule has 0 radical (unpaired) electrons. The van der Waals surface area contributed by atoms with Gasteiger partial charge < -0.3 is 24.1 Å². The number of ether oxygens (including phenoxy) is 3. The minimum atomic E-state index is 0.477. The van der Waals surface area contributed by atoms with Crippen LogP contribution in [0.5, 0.6) is 5.75 Å². The van der Waals surface area contributed by atoms with E-state index in [9.17, 15) is 5.26 Å². The summed E-state index contributed by atoms with van der Waals surface area (Å²) in [5, 5.41) is 14.1. The number of nitrogens with zero attached hydrogens (tertiary/aromatic N) is 2. The Morgan fingerprint density at radius 1 is 1.07 bits per heavy atom. The fourth-order valence-electron chi connectivity index (χ4n) is 3.38. The van der Waals surface area contributed by atoms with E-state index in [4.69, 9.17) is 14.2 Å². The zero-order valence-corrected chi connectivity index (χ0v) is 17.2. The van der Waals surface area contributed by atoms with Crippen LogP contribution < -0.4 is 10.1 Å². The molecule has 0 aliphatic carbocycles. The van der Waals surface area contributed by atoms with Crippen LogP contribution in [0, 0.1) is 11.3 Å². The normalized spacial score (nSPS) is 10.8. The highest BCUT2D eigenvalue weighted by Crippen LogP contribution is 2.35. The van der Waals surface area contributed by atoms with Gasteiger partial charge in [-0.2, -0.15) is 5.26 Å². The summed E-state index contributed by atoms with van der Waals surface area (Å²) < 4.78 is 18.3. The number of benzene rings is 2. The van der Waals surface area contributed by atoms with Crippen molar-refractivity contribution in [2.45, 2.75) is 19.9 Å². The Morgan fingerprint density at radius 2 is 1.86 bits per heavy atom. The Balaban J connectivity index is 2.02. The number of nitriles is 1. The Hall–Kier alpha value is -3.01. The second-order valence-electron chi connectivity index (χ2n) is 6.67. The summed E-state index contributed by atoms with van der Waals surface area (Å²) in [4.78, 5) is 0. The molecule has 1 aromatic heterocycles. The number of methoxy groups -OCH3 is 2. The predicted molar refractivity (Wildman–Crippen MR) is 115 cm³/mol. The van der Waals surface area contributed by atoms with E-state index in [1.807, 2.05) is 42.5 Å². The van der Waals surface area contributed by atoms with Crippen LogP contribution in [-0.2, 0) is 16.0 Å². The van der Waals surface area contributed by atoms with Crippen molar-refractivity contribution in [3.63, 3.8) is 0 Å². The maximum Gasteiger partial charge on any atom is 0.120 e. The van der Waals surface area contributed by atoms with Crippen molar-refractivity contribution in [1.29, 1.82) is 5.26 Å². The fourth-order valence-corrected chi connectivity index (χ4v) is 3.38. The van der Waals surface area contributed by atoms with E-state index in [1.54, 1.807) is 14.2 Å². The molecule has 0 fully saturated rings. The molecule has 29 heavy (non-hydrogen) atoms. The Bertz CT molecular complexity index is 987. The van der Waals surface area contributed by atoms with Gasteiger partial charge in [-0.3, -0.25) is 0 Å². The third kappa shape index (κ3) is 4.53. The standard InChI is InChI=1S/C23H27N3O3/c1-4-12-29-16-25-18-7-5-17(6-8-18)23-21(15-24)20-10-9-19(28-3)14-22(20)26(23)11-13-27-2/h5-10,14,25H,4,11-13,16H2,1-3H3. The lowest BCUT2D eigenvalue weighted by Crippen LogP contribution is -2.07. The zero-order chi connectivity index (χ0) is 20.6. The molecule has 0 bridgehead atoms. The number of aromatic nitrogens is 1. The maximum absolute atomic E-state index is 9.91. The smallest absolute Gasteiger partial charge is 0.120 e. The molecule has 0 unspecified atom stereocenters. The van der Waals surface area contributed by atoms with Gasteiger partial charge in [0.25, 0.3) is 0 Å². The van der Waals surface area contributed by atoms with Crippen molar-refractivity contribution in [2.75, 3.05) is 39.5 Å². The molecule has 3 aromatic rings. The van der Waals surface area contributed by atoms with Crippen molar-refractivity contribution in [1.82, 2.24) is 4.57 Å². The molecule has 0 aliphatic rings. The number of anilines is 1. The highest BCUT2D eigenvalue weighted by molar-refractivity contribution is 5.95. The van der Waals surface area contributed by atoms with E-state index in [0.717, 1.165) is 46.6 Å². The van der Waals surface area contributed by atoms with Crippen molar-refractivity contribution < 1.29 is 14.2 Å². The highest BCUT2D eigenvalue weighted by atomic mass is 16.5. The molecule has 2 aromatic carbocycles. The van der Waals surface area contributed by atoms with E-state index in [0.29, 0.717) is 25.4 Å². The average molecular weight is 393 g/mol. The van der Waals surface area contributed by atoms with Crippen LogP contribution in [0.1, 0.15) is 18.9 Å². The minimum absolute atomic E-state index is 0.477. The van der Waals surface area contributed by atoms with Crippen molar-refractivity contribution >= 4 is 16.6 Å². The molecule has 1 N–H and O–H groups in total. The monoisotopic (exact) mass is 393 g/mol. The largest absolute Gasteiger partial charge is 0.497 e. The second-order valence-corrected chi connectivity index (χ2v) is 6.67. The topological polar surface area (TPSA) is 68.4 Å². The van der Waals surface area contributed by atoms with Gasteiger partial charge in [0.05, 0.1) is 30.5 Å². The number of hydrogen-bond acceptors (Lipinski definition) is 5. The third-order valence-corrected chi connectivity index (χ3v) is 4.79. The average Bonchev–Trinajstić information content (AvgIpc) is 3.08. The van der Waals surface area contributed by atoms with Gasteiger partial charge in [-0.25, -0.2) is 0 Å². The summed E-state index contributed by atoms with van der Waals surface area (Å²) in [6, 6.07) is 16.3. The van der Waals surface area contributed by atoms with Crippen LogP contribution in [0.4, 0.5) is 5.69 Å². The van der Waals surface area contributed by atoms with Crippen LogP contribution in [-0.4, -0.2) is 38.7 Å². The van der Waals surface area contributed by atoms with E-state index < -0.39 is 0 Å². The number of fused-ring (bicyclic) bond motifs is 1. The van der Waals surface area contributed by atoms with Gasteiger partial charge >= 0.3 is 0 Å². The van der Waals surface area contributed by atoms with Gasteiger partial charge in [0.15, 0.2) is 0 Å². The van der Waals surface area contributed by atoms with Crippen molar-refractivity contribution in [3.05, 3.63) is 48.0 Å². The summed E-state index contributed by atoms with van der Waals surface area (Å²) in [5.41, 5.74) is 4.47. The predicted octanol–water partition coefficient (Wildman–Crippen LogP) is 4.63. The molecule has 0 amide bonds. The molecule has 6 nitrogen and oxygen atoms in total. The van der Waals surface area contributed by atoms with E-state index in [1.165, 1.54) is 0 Å². The van der Waals surface area contributed by atoms with Gasteiger partial charge in [0.1, 0.15) is 18.5 Å². The zero-order valence-electron chi connectivity index (χ0n) is 17.2. The Morgan fingerprint density at radius 3 is 2.52 bits per heavy atom. The lowest BCUT2D eigenvalue weighted by Gasteiger charge is -2.12. The van der Waals surface area contributed by atoms with Crippen LogP contribution in [0.15, 0.2) is 42.5 Å². The first-order valence-corrected chi connectivity index (χ1v) is 9.74. The van der Waals surface area contributed by atoms with Crippen molar-refractivity contribution in [3.8, 4) is 23.1 Å². The van der Waals surface area contributed by atoms with Gasteiger partial charge in [0, 0.05) is 37.4 Å². The SMILES string of the molecule is CCCOCNc1ccc(-c2c(C#N)c3ccc(OC)cc3n2CCOC)cc1. The number of nitrogens with one attached hydrogen (secondary N) is 1. The molecule has 3 rings (SSSR count). The summed E-state index contributed by atoms with van der Waals surface area (Å²) in [6.07, 6.45) is 0.994. The summed E-state index contributed by atoms with van der Waals surface area (Å²) >= 11 is 0. The first kappa shape index (κ1) is 20.7. The summed E-state index contributed by atoms with van der Waals surface area (Å²) in [5.74, 6) is 0.760. The molecule has 0 aliphatic heterocycles. The fraction of sp³-hybridized carbons (Fsp3) is 0.348. The van der Waals surface area contributed by atoms with Crippen LogP contribution in [0.25, 0.3) is 22.2 Å². The van der Waals surface area contributed by atoms with Crippen LogP contribution in [0.2, 0.25) is 0 Å². The molecule has 0 saturated carbocycles. The Kier molecular flexibility index (Phi) is 7.12. The molecule has 6 heteroatoms. The Labute approximate surface area is 171 Å². The van der Waals surface area contributed by atoms with Gasteiger partial charge in [-0.1, -0.05) is 19.1 Å². The van der Waals surface area contributed by atoms with E-state index in [-0.39, 0.29) is 0 Å². The van der Waals surface area contributed by atoms with Crippen LogP contribution in [0.3, 0.4) is 0 Å². The van der Waals surface area contributed by atoms with E-state index in [2.05, 4.69) is 22.9 Å².